The van der Waals surface area contributed by atoms with Crippen LogP contribution in [0.4, 0.5) is 14.4 Å². The van der Waals surface area contributed by atoms with Gasteiger partial charge in [0.15, 0.2) is 5.96 Å². The summed E-state index contributed by atoms with van der Waals surface area (Å²) in [6.07, 6.45) is -1.05. The number of rotatable bonds is 23. The summed E-state index contributed by atoms with van der Waals surface area (Å²) < 4.78 is 21.2. The third-order valence-corrected chi connectivity index (χ3v) is 8.86. The first kappa shape index (κ1) is 47.3. The van der Waals surface area contributed by atoms with Crippen molar-refractivity contribution in [2.24, 2.45) is 10.7 Å². The fourth-order valence-corrected chi connectivity index (χ4v) is 5.63. The summed E-state index contributed by atoms with van der Waals surface area (Å²) in [6, 6.07) is 34.0. The number of esters is 1. The van der Waals surface area contributed by atoms with Gasteiger partial charge in [-0.1, -0.05) is 121 Å². The molecule has 0 aliphatic rings. The number of ether oxygens (including phenoxy) is 4. The zero-order valence-electron chi connectivity index (χ0n) is 34.3. The second kappa shape index (κ2) is 27.4. The van der Waals surface area contributed by atoms with Crippen LogP contribution in [-0.2, 0) is 59.8 Å². The van der Waals surface area contributed by atoms with Gasteiger partial charge in [-0.25, -0.2) is 19.2 Å². The molecule has 0 bridgehead atoms. The molecule has 0 spiro atoms. The molecule has 0 aliphatic heterocycles. The van der Waals surface area contributed by atoms with Gasteiger partial charge < -0.3 is 45.9 Å². The molecule has 7 N–H and O–H groups in total. The predicted molar refractivity (Wildman–Crippen MR) is 229 cm³/mol. The van der Waals surface area contributed by atoms with E-state index >= 15 is 0 Å². The zero-order valence-corrected chi connectivity index (χ0v) is 34.3. The number of unbranched alkanes of at least 4 members (excludes halogenated alkanes) is 1. The summed E-state index contributed by atoms with van der Waals surface area (Å²) in [5.74, 6) is -2.32. The molecule has 0 aromatic heterocycles. The van der Waals surface area contributed by atoms with Gasteiger partial charge in [0.1, 0.15) is 45.1 Å². The van der Waals surface area contributed by atoms with E-state index in [1.807, 2.05) is 60.7 Å². The van der Waals surface area contributed by atoms with Crippen molar-refractivity contribution in [3.8, 4) is 0 Å². The van der Waals surface area contributed by atoms with E-state index in [0.717, 1.165) is 22.3 Å². The van der Waals surface area contributed by atoms with E-state index < -0.39 is 54.7 Å². The van der Waals surface area contributed by atoms with Gasteiger partial charge in [0.2, 0.25) is 11.8 Å². The number of amides is 5. The Labute approximate surface area is 360 Å². The molecule has 0 radical (unpaired) electrons. The van der Waals surface area contributed by atoms with Gasteiger partial charge in [0.05, 0.1) is 0 Å². The highest BCUT2D eigenvalue weighted by Crippen LogP contribution is 2.10. The van der Waals surface area contributed by atoms with Crippen molar-refractivity contribution in [2.45, 2.75) is 70.6 Å². The minimum atomic E-state index is -1.20. The second-order valence-corrected chi connectivity index (χ2v) is 13.8. The highest BCUT2D eigenvalue weighted by Gasteiger charge is 2.28. The van der Waals surface area contributed by atoms with Crippen molar-refractivity contribution >= 4 is 42.0 Å². The van der Waals surface area contributed by atoms with Crippen LogP contribution in [0, 0.1) is 0 Å². The quantitative estimate of drug-likeness (QED) is 0.0196. The molecule has 0 saturated carbocycles. The maximum Gasteiger partial charge on any atom is 0.414 e. The van der Waals surface area contributed by atoms with E-state index in [9.17, 15) is 28.8 Å². The summed E-state index contributed by atoms with van der Waals surface area (Å²) >= 11 is 0. The first-order chi connectivity index (χ1) is 30.1. The molecule has 0 heterocycles. The number of hydrogen-bond donors (Lipinski definition) is 6. The number of nitrogens with zero attached hydrogens (tertiary/aromatic N) is 1. The molecular weight excluding hydrogens is 799 g/mol. The smallest absolute Gasteiger partial charge is 0.414 e. The van der Waals surface area contributed by atoms with Gasteiger partial charge >= 0.3 is 24.2 Å². The first-order valence-corrected chi connectivity index (χ1v) is 20.1. The minimum Gasteiger partial charge on any atom is -0.459 e. The van der Waals surface area contributed by atoms with Crippen molar-refractivity contribution in [3.05, 3.63) is 144 Å². The summed E-state index contributed by atoms with van der Waals surface area (Å²) in [5.41, 5.74) is 8.99. The Bertz CT molecular complexity index is 2020. The number of guanidine groups is 1. The Morgan fingerprint density at radius 2 is 0.968 bits per heavy atom. The van der Waals surface area contributed by atoms with Gasteiger partial charge in [-0.15, -0.1) is 0 Å². The topological polar surface area (TPSA) is 238 Å². The van der Waals surface area contributed by atoms with Gasteiger partial charge in [-0.3, -0.25) is 19.9 Å². The molecule has 0 unspecified atom stereocenters. The third-order valence-electron chi connectivity index (χ3n) is 8.86. The number of nitrogens with one attached hydrogen (secondary N) is 5. The van der Waals surface area contributed by atoms with Crippen LogP contribution in [0.1, 0.15) is 54.4 Å². The number of hydrogen-bond acceptors (Lipinski definition) is 11. The monoisotopic (exact) mass is 851 g/mol. The van der Waals surface area contributed by atoms with Crippen LogP contribution in [0.25, 0.3) is 0 Å². The number of alkyl carbamates (subject to hydrolysis) is 3. The normalized spacial score (nSPS) is 11.8. The van der Waals surface area contributed by atoms with E-state index in [1.54, 1.807) is 60.7 Å². The molecule has 62 heavy (non-hydrogen) atoms. The maximum absolute atomic E-state index is 13.8. The average molecular weight is 852 g/mol. The molecule has 328 valence electrons. The number of aliphatic imine (C=N–C) groups is 1. The Balaban J connectivity index is 1.34. The lowest BCUT2D eigenvalue weighted by atomic mass is 10.1. The molecule has 17 nitrogen and oxygen atoms in total. The highest BCUT2D eigenvalue weighted by atomic mass is 16.6. The summed E-state index contributed by atoms with van der Waals surface area (Å²) in [6.45, 7) is -0.147. The number of benzene rings is 4. The van der Waals surface area contributed by atoms with E-state index in [-0.39, 0.29) is 64.7 Å². The van der Waals surface area contributed by atoms with Crippen molar-refractivity contribution in [1.82, 2.24) is 26.6 Å². The number of nitrogens with two attached hydrogens (primary N) is 1. The third kappa shape index (κ3) is 19.5. The molecule has 0 saturated heterocycles. The highest BCUT2D eigenvalue weighted by molar-refractivity contribution is 5.93. The lowest BCUT2D eigenvalue weighted by molar-refractivity contribution is -0.149. The number of carbonyl (C=O) groups is 6. The van der Waals surface area contributed by atoms with E-state index in [0.29, 0.717) is 12.8 Å². The molecule has 17 heteroatoms. The Kier molecular flexibility index (Phi) is 20.8. The van der Waals surface area contributed by atoms with Crippen molar-refractivity contribution in [2.75, 3.05) is 19.6 Å². The SMILES string of the molecule is NC(=NCCC[C@H](NC(=O)CNC(=O)OCc1ccccc1)C(=O)N[C@@H](CCCCNC(=O)OCc1ccccc1)C(=O)OCc1ccccc1)NC(=O)OCc1ccccc1. The Morgan fingerprint density at radius 1 is 0.516 bits per heavy atom. The predicted octanol–water partition coefficient (Wildman–Crippen LogP) is 4.74. The molecule has 4 rings (SSSR count). The van der Waals surface area contributed by atoms with Crippen molar-refractivity contribution < 1.29 is 47.7 Å². The van der Waals surface area contributed by atoms with Crippen LogP contribution < -0.4 is 32.3 Å². The largest absolute Gasteiger partial charge is 0.459 e. The van der Waals surface area contributed by atoms with Gasteiger partial charge in [0, 0.05) is 13.1 Å². The number of carbonyl (C=O) groups excluding carboxylic acids is 6. The van der Waals surface area contributed by atoms with Crippen LogP contribution in [0.15, 0.2) is 126 Å². The van der Waals surface area contributed by atoms with E-state index in [4.69, 9.17) is 24.7 Å². The fraction of sp³-hybridized carbons (Fsp3) is 0.311. The van der Waals surface area contributed by atoms with Gasteiger partial charge in [0.25, 0.3) is 0 Å². The molecule has 0 fully saturated rings. The Hall–Kier alpha value is -7.43. The molecule has 2 atom stereocenters. The lowest BCUT2D eigenvalue weighted by Crippen LogP contribution is -2.53. The van der Waals surface area contributed by atoms with Crippen LogP contribution in [0.3, 0.4) is 0 Å². The Morgan fingerprint density at radius 3 is 1.48 bits per heavy atom. The molecular formula is C45H53N7O10. The summed E-state index contributed by atoms with van der Waals surface area (Å²) in [5, 5.41) is 12.7. The summed E-state index contributed by atoms with van der Waals surface area (Å²) in [7, 11) is 0. The van der Waals surface area contributed by atoms with E-state index in [2.05, 4.69) is 31.6 Å². The second-order valence-electron chi connectivity index (χ2n) is 13.8. The van der Waals surface area contributed by atoms with Crippen LogP contribution in [0.2, 0.25) is 0 Å². The van der Waals surface area contributed by atoms with Crippen LogP contribution in [0.5, 0.6) is 0 Å². The zero-order chi connectivity index (χ0) is 44.2. The molecule has 5 amide bonds. The average Bonchev–Trinajstić information content (AvgIpc) is 3.29. The maximum atomic E-state index is 13.8. The van der Waals surface area contributed by atoms with E-state index in [1.165, 1.54) is 0 Å². The first-order valence-electron chi connectivity index (χ1n) is 20.1. The van der Waals surface area contributed by atoms with Gasteiger partial charge in [-0.05, 0) is 54.4 Å². The minimum absolute atomic E-state index is 0.0151. The van der Waals surface area contributed by atoms with Gasteiger partial charge in [-0.2, -0.15) is 0 Å². The van der Waals surface area contributed by atoms with Crippen molar-refractivity contribution in [3.63, 3.8) is 0 Å². The van der Waals surface area contributed by atoms with Crippen LogP contribution >= 0.6 is 0 Å². The lowest BCUT2D eigenvalue weighted by Gasteiger charge is -2.23. The fourth-order valence-electron chi connectivity index (χ4n) is 5.63. The molecule has 4 aromatic rings. The van der Waals surface area contributed by atoms with Crippen molar-refractivity contribution in [1.29, 1.82) is 0 Å². The summed E-state index contributed by atoms with van der Waals surface area (Å²) in [4.78, 5) is 81.2. The molecule has 0 aliphatic carbocycles. The van der Waals surface area contributed by atoms with Crippen LogP contribution in [-0.4, -0.2) is 73.7 Å². The molecule has 4 aromatic carbocycles. The standard InChI is InChI=1S/C45H53N7O10/c46-42(52-45(58)62-32-36-22-11-4-12-23-36)47-27-15-25-37(50-39(53)28-49-44(57)61-31-35-20-9-3-10-21-35)40(54)51-38(41(55)59-29-33-16-5-1-6-17-33)24-13-14-26-48-43(56)60-30-34-18-7-2-8-19-34/h1-12,16-23,37-38H,13-15,24-32H2,(H,48,56)(H,49,57)(H,50,53)(H,51,54)(H3,46,47,52,58)/t37-,38-/m0/s1.